The highest BCUT2D eigenvalue weighted by atomic mass is 16.5. The summed E-state index contributed by atoms with van der Waals surface area (Å²) in [5.74, 6) is 5.48. The molecule has 1 aromatic rings. The van der Waals surface area contributed by atoms with Crippen LogP contribution in [-0.4, -0.2) is 48.3 Å². The molecule has 1 saturated heterocycles. The second-order valence-corrected chi connectivity index (χ2v) is 5.16. The molecule has 2 rings (SSSR count). The number of nitrogens with zero attached hydrogens (tertiary/aromatic N) is 1. The van der Waals surface area contributed by atoms with E-state index in [2.05, 4.69) is 18.8 Å². The quantitative estimate of drug-likeness (QED) is 0.840. The fraction of sp³-hybridized carbons (Fsp3) is 0.471. The second kappa shape index (κ2) is 7.26. The first kappa shape index (κ1) is 15.6. The lowest BCUT2D eigenvalue weighted by atomic mass is 10.0. The average Bonchev–Trinajstić information content (AvgIpc) is 2.52. The van der Waals surface area contributed by atoms with Crippen molar-refractivity contribution in [1.29, 1.82) is 0 Å². The van der Waals surface area contributed by atoms with Crippen molar-refractivity contribution >= 4 is 5.91 Å². The van der Waals surface area contributed by atoms with Crippen LogP contribution in [0.1, 0.15) is 34.8 Å². The number of amides is 1. The van der Waals surface area contributed by atoms with Crippen LogP contribution in [0.15, 0.2) is 18.2 Å². The van der Waals surface area contributed by atoms with Gasteiger partial charge in [0.2, 0.25) is 0 Å². The van der Waals surface area contributed by atoms with Crippen LogP contribution in [0.3, 0.4) is 0 Å². The summed E-state index contributed by atoms with van der Waals surface area (Å²) in [6, 6.07) is 5.61. The van der Waals surface area contributed by atoms with Gasteiger partial charge < -0.3 is 14.7 Å². The molecule has 21 heavy (non-hydrogen) atoms. The first-order valence-corrected chi connectivity index (χ1v) is 7.27. The number of aryl methyl sites for hydroxylation is 1. The zero-order chi connectivity index (χ0) is 15.2. The van der Waals surface area contributed by atoms with E-state index in [9.17, 15) is 4.79 Å². The molecule has 1 aliphatic heterocycles. The first-order valence-electron chi connectivity index (χ1n) is 7.27. The minimum absolute atomic E-state index is 0.0148. The van der Waals surface area contributed by atoms with E-state index in [0.717, 1.165) is 12.0 Å². The Kier molecular flexibility index (Phi) is 5.38. The first-order chi connectivity index (χ1) is 10.2. The van der Waals surface area contributed by atoms with E-state index >= 15 is 0 Å². The average molecular weight is 287 g/mol. The summed E-state index contributed by atoms with van der Waals surface area (Å²) in [6.07, 6.45) is 1.01. The molecule has 4 nitrogen and oxygen atoms in total. The Morgan fingerprint density at radius 3 is 3.05 bits per heavy atom. The Morgan fingerprint density at radius 2 is 2.33 bits per heavy atom. The highest BCUT2D eigenvalue weighted by molar-refractivity contribution is 5.97. The van der Waals surface area contributed by atoms with Crippen LogP contribution in [0.5, 0.6) is 0 Å². The summed E-state index contributed by atoms with van der Waals surface area (Å²) < 4.78 is 5.60. The second-order valence-electron chi connectivity index (χ2n) is 5.16. The number of benzene rings is 1. The summed E-state index contributed by atoms with van der Waals surface area (Å²) in [4.78, 5) is 14.5. The zero-order valence-electron chi connectivity index (χ0n) is 12.6. The predicted octanol–water partition coefficient (Wildman–Crippen LogP) is 1.59. The van der Waals surface area contributed by atoms with Crippen molar-refractivity contribution in [3.05, 3.63) is 34.9 Å². The fourth-order valence-electron chi connectivity index (χ4n) is 2.40. The molecule has 0 radical (unpaired) electrons. The number of aliphatic hydroxyl groups excluding tert-OH is 1. The third-order valence-corrected chi connectivity index (χ3v) is 3.59. The number of aliphatic hydroxyl groups is 1. The van der Waals surface area contributed by atoms with Gasteiger partial charge in [0.15, 0.2) is 0 Å². The highest BCUT2D eigenvalue weighted by Gasteiger charge is 2.25. The van der Waals surface area contributed by atoms with Gasteiger partial charge in [0.1, 0.15) is 6.61 Å². The van der Waals surface area contributed by atoms with Crippen LogP contribution >= 0.6 is 0 Å². The van der Waals surface area contributed by atoms with Gasteiger partial charge >= 0.3 is 0 Å². The van der Waals surface area contributed by atoms with E-state index < -0.39 is 0 Å². The predicted molar refractivity (Wildman–Crippen MR) is 81.1 cm³/mol. The molecule has 1 aromatic carbocycles. The van der Waals surface area contributed by atoms with Gasteiger partial charge in [-0.05, 0) is 31.0 Å². The molecule has 1 N–H and O–H groups in total. The molecule has 0 aliphatic carbocycles. The lowest BCUT2D eigenvalue weighted by Gasteiger charge is -2.32. The smallest absolute Gasteiger partial charge is 0.255 e. The number of hydrogen-bond donors (Lipinski definition) is 1. The SMILES string of the molecule is CCC1CN(C(=O)c2ccc(C)cc2C#CCO)CCO1. The Balaban J connectivity index is 2.26. The standard InChI is InChI=1S/C17H21NO3/c1-3-15-12-18(8-10-21-15)17(20)16-7-6-13(2)11-14(16)5-4-9-19/h6-7,11,15,19H,3,8-10,12H2,1-2H3. The van der Waals surface area contributed by atoms with Crippen LogP contribution in [0.25, 0.3) is 0 Å². The molecular weight excluding hydrogens is 266 g/mol. The third-order valence-electron chi connectivity index (χ3n) is 3.59. The normalized spacial score (nSPS) is 18.0. The van der Waals surface area contributed by atoms with E-state index in [1.807, 2.05) is 30.0 Å². The molecule has 1 atom stereocenters. The van der Waals surface area contributed by atoms with Gasteiger partial charge in [-0.15, -0.1) is 0 Å². The number of rotatable bonds is 2. The van der Waals surface area contributed by atoms with Crippen LogP contribution < -0.4 is 0 Å². The van der Waals surface area contributed by atoms with Crippen molar-refractivity contribution in [3.8, 4) is 11.8 Å². The summed E-state index contributed by atoms with van der Waals surface area (Å²) in [5.41, 5.74) is 2.31. The van der Waals surface area contributed by atoms with Crippen LogP contribution in [0.4, 0.5) is 0 Å². The summed E-state index contributed by atoms with van der Waals surface area (Å²) >= 11 is 0. The third kappa shape index (κ3) is 3.84. The van der Waals surface area contributed by atoms with Crippen molar-refractivity contribution in [2.75, 3.05) is 26.3 Å². The molecule has 0 bridgehead atoms. The summed E-state index contributed by atoms with van der Waals surface area (Å²) in [5, 5.41) is 8.86. The molecule has 4 heteroatoms. The van der Waals surface area contributed by atoms with E-state index in [1.165, 1.54) is 0 Å². The Labute approximate surface area is 125 Å². The monoisotopic (exact) mass is 287 g/mol. The van der Waals surface area contributed by atoms with Crippen molar-refractivity contribution in [2.45, 2.75) is 26.4 Å². The molecule has 1 amide bonds. The van der Waals surface area contributed by atoms with Gasteiger partial charge in [0.05, 0.1) is 18.3 Å². The van der Waals surface area contributed by atoms with Crippen molar-refractivity contribution in [2.24, 2.45) is 0 Å². The Hall–Kier alpha value is -1.83. The van der Waals surface area contributed by atoms with Crippen molar-refractivity contribution < 1.29 is 14.6 Å². The van der Waals surface area contributed by atoms with Gasteiger partial charge in [0.25, 0.3) is 5.91 Å². The highest BCUT2D eigenvalue weighted by Crippen LogP contribution is 2.16. The molecule has 1 aliphatic rings. The molecular formula is C17H21NO3. The number of carbonyl (C=O) groups is 1. The number of hydrogen-bond acceptors (Lipinski definition) is 3. The van der Waals surface area contributed by atoms with Crippen molar-refractivity contribution in [3.63, 3.8) is 0 Å². The summed E-state index contributed by atoms with van der Waals surface area (Å²) in [6.45, 7) is 5.61. The van der Waals surface area contributed by atoms with E-state index in [1.54, 1.807) is 0 Å². The zero-order valence-corrected chi connectivity index (χ0v) is 12.6. The van der Waals surface area contributed by atoms with E-state index in [0.29, 0.717) is 30.8 Å². The molecule has 0 aromatic heterocycles. The van der Waals surface area contributed by atoms with Crippen molar-refractivity contribution in [1.82, 2.24) is 4.90 Å². The molecule has 112 valence electrons. The van der Waals surface area contributed by atoms with Gasteiger partial charge in [0, 0.05) is 18.7 Å². The molecule has 0 spiro atoms. The lowest BCUT2D eigenvalue weighted by Crippen LogP contribution is -2.45. The fourth-order valence-corrected chi connectivity index (χ4v) is 2.40. The van der Waals surface area contributed by atoms with Crippen LogP contribution in [0.2, 0.25) is 0 Å². The lowest BCUT2D eigenvalue weighted by molar-refractivity contribution is -0.0226. The molecule has 1 heterocycles. The Morgan fingerprint density at radius 1 is 1.52 bits per heavy atom. The van der Waals surface area contributed by atoms with Crippen LogP contribution in [0, 0.1) is 18.8 Å². The maximum absolute atomic E-state index is 12.7. The maximum Gasteiger partial charge on any atom is 0.255 e. The minimum Gasteiger partial charge on any atom is -0.384 e. The number of carbonyl (C=O) groups excluding carboxylic acids is 1. The van der Waals surface area contributed by atoms with Gasteiger partial charge in [-0.1, -0.05) is 24.8 Å². The van der Waals surface area contributed by atoms with Gasteiger partial charge in [-0.25, -0.2) is 0 Å². The van der Waals surface area contributed by atoms with E-state index in [4.69, 9.17) is 9.84 Å². The Bertz CT molecular complexity index is 571. The molecule has 1 unspecified atom stereocenters. The molecule has 0 saturated carbocycles. The summed E-state index contributed by atoms with van der Waals surface area (Å²) in [7, 11) is 0. The van der Waals surface area contributed by atoms with Gasteiger partial charge in [-0.2, -0.15) is 0 Å². The van der Waals surface area contributed by atoms with Crippen LogP contribution in [-0.2, 0) is 4.74 Å². The van der Waals surface area contributed by atoms with E-state index in [-0.39, 0.29) is 18.6 Å². The minimum atomic E-state index is -0.211. The number of morpholine rings is 1. The number of ether oxygens (including phenoxy) is 1. The maximum atomic E-state index is 12.7. The largest absolute Gasteiger partial charge is 0.384 e. The van der Waals surface area contributed by atoms with Gasteiger partial charge in [-0.3, -0.25) is 4.79 Å². The molecule has 1 fully saturated rings. The topological polar surface area (TPSA) is 49.8 Å².